The van der Waals surface area contributed by atoms with E-state index in [9.17, 15) is 0 Å². The van der Waals surface area contributed by atoms with E-state index in [4.69, 9.17) is 4.74 Å². The highest BCUT2D eigenvalue weighted by Crippen LogP contribution is 2.01. The molecule has 0 aromatic carbocycles. The lowest BCUT2D eigenvalue weighted by Gasteiger charge is -2.11. The maximum Gasteiger partial charge on any atom is 0.0470 e. The van der Waals surface area contributed by atoms with Gasteiger partial charge in [0.2, 0.25) is 0 Å². The molecule has 0 saturated carbocycles. The third kappa shape index (κ3) is 10.4. The average Bonchev–Trinajstić information content (AvgIpc) is 2.17. The first-order valence-corrected chi connectivity index (χ1v) is 6.76. The number of methoxy groups -OCH3 is 1. The van der Waals surface area contributed by atoms with Gasteiger partial charge in [-0.3, -0.25) is 0 Å². The van der Waals surface area contributed by atoms with Gasteiger partial charge in [0.25, 0.3) is 0 Å². The van der Waals surface area contributed by atoms with Crippen molar-refractivity contribution in [1.82, 2.24) is 5.32 Å². The van der Waals surface area contributed by atoms with E-state index in [0.717, 1.165) is 13.2 Å². The van der Waals surface area contributed by atoms with Crippen molar-refractivity contribution < 1.29 is 4.74 Å². The number of thioether (sulfide) groups is 1. The Bertz CT molecular complexity index is 111. The van der Waals surface area contributed by atoms with Gasteiger partial charge in [-0.2, -0.15) is 11.8 Å². The number of rotatable bonds is 10. The summed E-state index contributed by atoms with van der Waals surface area (Å²) in [6, 6.07) is 0.680. The summed E-state index contributed by atoms with van der Waals surface area (Å²) in [4.78, 5) is 0. The zero-order chi connectivity index (χ0) is 10.6. The van der Waals surface area contributed by atoms with Crippen molar-refractivity contribution in [3.05, 3.63) is 0 Å². The molecule has 86 valence electrons. The van der Waals surface area contributed by atoms with Crippen molar-refractivity contribution in [2.24, 2.45) is 0 Å². The zero-order valence-electron chi connectivity index (χ0n) is 9.84. The lowest BCUT2D eigenvalue weighted by molar-refractivity contribution is 0.200. The van der Waals surface area contributed by atoms with Crippen molar-refractivity contribution in [1.29, 1.82) is 0 Å². The van der Waals surface area contributed by atoms with Gasteiger partial charge < -0.3 is 10.1 Å². The van der Waals surface area contributed by atoms with Gasteiger partial charge in [-0.15, -0.1) is 0 Å². The summed E-state index contributed by atoms with van der Waals surface area (Å²) in [5, 5.41) is 3.52. The lowest BCUT2D eigenvalue weighted by Crippen LogP contribution is -2.27. The molecule has 0 aliphatic carbocycles. The van der Waals surface area contributed by atoms with Crippen molar-refractivity contribution in [2.45, 2.75) is 39.2 Å². The van der Waals surface area contributed by atoms with Crippen LogP contribution in [0.25, 0.3) is 0 Å². The van der Waals surface area contributed by atoms with Crippen LogP contribution in [0, 0.1) is 0 Å². The number of hydrogen-bond acceptors (Lipinski definition) is 3. The second kappa shape index (κ2) is 11.3. The predicted octanol–water partition coefficient (Wildman–Crippen LogP) is 2.53. The largest absolute Gasteiger partial charge is 0.385 e. The van der Waals surface area contributed by atoms with Crippen LogP contribution in [-0.2, 0) is 4.74 Å². The normalized spacial score (nSPS) is 13.1. The highest BCUT2D eigenvalue weighted by molar-refractivity contribution is 7.99. The minimum Gasteiger partial charge on any atom is -0.385 e. The van der Waals surface area contributed by atoms with Crippen LogP contribution >= 0.6 is 11.8 Å². The third-order valence-corrected chi connectivity index (χ3v) is 3.17. The predicted molar refractivity (Wildman–Crippen MR) is 66.2 cm³/mol. The van der Waals surface area contributed by atoms with Crippen molar-refractivity contribution >= 4 is 11.8 Å². The summed E-state index contributed by atoms with van der Waals surface area (Å²) in [7, 11) is 1.76. The first-order chi connectivity index (χ1) is 6.81. The minimum atomic E-state index is 0.680. The maximum atomic E-state index is 4.99. The first kappa shape index (κ1) is 14.3. The lowest BCUT2D eigenvalue weighted by atomic mass is 10.2. The molecule has 0 aliphatic rings. The van der Waals surface area contributed by atoms with E-state index in [-0.39, 0.29) is 0 Å². The fraction of sp³-hybridized carbons (Fsp3) is 1.00. The molecule has 0 spiro atoms. The fourth-order valence-electron chi connectivity index (χ4n) is 1.32. The molecule has 0 heterocycles. The van der Waals surface area contributed by atoms with E-state index in [1.54, 1.807) is 7.11 Å². The molecule has 0 aromatic heterocycles. The second-order valence-corrected chi connectivity index (χ2v) is 4.83. The smallest absolute Gasteiger partial charge is 0.0470 e. The van der Waals surface area contributed by atoms with E-state index in [2.05, 4.69) is 19.2 Å². The van der Waals surface area contributed by atoms with E-state index in [1.807, 2.05) is 11.8 Å². The van der Waals surface area contributed by atoms with Gasteiger partial charge in [0.1, 0.15) is 0 Å². The molecule has 0 bridgehead atoms. The van der Waals surface area contributed by atoms with Crippen LogP contribution in [0.2, 0.25) is 0 Å². The summed E-state index contributed by atoms with van der Waals surface area (Å²) in [6.07, 6.45) is 3.73. The average molecular weight is 219 g/mol. The molecule has 0 rings (SSSR count). The van der Waals surface area contributed by atoms with Crippen LogP contribution in [0.15, 0.2) is 0 Å². The Morgan fingerprint density at radius 3 is 2.79 bits per heavy atom. The van der Waals surface area contributed by atoms with E-state index in [1.165, 1.54) is 30.8 Å². The molecule has 0 aliphatic heterocycles. The quantitative estimate of drug-likeness (QED) is 0.571. The molecular weight excluding hydrogens is 194 g/mol. The van der Waals surface area contributed by atoms with Crippen LogP contribution in [0.4, 0.5) is 0 Å². The topological polar surface area (TPSA) is 21.3 Å². The summed E-state index contributed by atoms with van der Waals surface area (Å²) < 4.78 is 4.99. The van der Waals surface area contributed by atoms with Crippen LogP contribution in [-0.4, -0.2) is 37.8 Å². The van der Waals surface area contributed by atoms with Crippen LogP contribution in [0.5, 0.6) is 0 Å². The monoisotopic (exact) mass is 219 g/mol. The maximum absolute atomic E-state index is 4.99. The van der Waals surface area contributed by atoms with Gasteiger partial charge in [-0.25, -0.2) is 0 Å². The molecule has 0 saturated heterocycles. The Morgan fingerprint density at radius 1 is 1.36 bits per heavy atom. The van der Waals surface area contributed by atoms with Crippen LogP contribution < -0.4 is 5.32 Å². The van der Waals surface area contributed by atoms with Gasteiger partial charge in [-0.1, -0.05) is 13.3 Å². The molecule has 0 amide bonds. The Morgan fingerprint density at radius 2 is 2.14 bits per heavy atom. The second-order valence-electron chi connectivity index (χ2n) is 3.60. The summed E-state index contributed by atoms with van der Waals surface area (Å²) in [6.45, 7) is 6.53. The number of nitrogens with one attached hydrogen (secondary N) is 1. The minimum absolute atomic E-state index is 0.680. The molecule has 0 fully saturated rings. The molecule has 0 radical (unpaired) electrons. The molecule has 1 N–H and O–H groups in total. The highest BCUT2D eigenvalue weighted by Gasteiger charge is 1.97. The zero-order valence-corrected chi connectivity index (χ0v) is 10.7. The standard InChI is InChI=1S/C11H25NOS/c1-4-6-11(2)12-7-10-14-9-5-8-13-3/h11-12H,4-10H2,1-3H3. The van der Waals surface area contributed by atoms with Crippen LogP contribution in [0.3, 0.4) is 0 Å². The molecule has 1 atom stereocenters. The van der Waals surface area contributed by atoms with Gasteiger partial charge in [0.05, 0.1) is 0 Å². The molecule has 0 aromatic rings. The van der Waals surface area contributed by atoms with Gasteiger partial charge in [-0.05, 0) is 25.5 Å². The number of hydrogen-bond donors (Lipinski definition) is 1. The Balaban J connectivity index is 2.98. The molecule has 3 heteroatoms. The Hall–Kier alpha value is 0.270. The molecular formula is C11H25NOS. The molecule has 14 heavy (non-hydrogen) atoms. The summed E-state index contributed by atoms with van der Waals surface area (Å²) in [5.41, 5.74) is 0. The van der Waals surface area contributed by atoms with Gasteiger partial charge in [0.15, 0.2) is 0 Å². The van der Waals surface area contributed by atoms with Crippen molar-refractivity contribution in [3.63, 3.8) is 0 Å². The molecule has 2 nitrogen and oxygen atoms in total. The molecule has 1 unspecified atom stereocenters. The van der Waals surface area contributed by atoms with E-state index >= 15 is 0 Å². The Labute approximate surface area is 93.2 Å². The van der Waals surface area contributed by atoms with Crippen molar-refractivity contribution in [3.8, 4) is 0 Å². The van der Waals surface area contributed by atoms with Gasteiger partial charge >= 0.3 is 0 Å². The van der Waals surface area contributed by atoms with Crippen molar-refractivity contribution in [2.75, 3.05) is 31.8 Å². The summed E-state index contributed by atoms with van der Waals surface area (Å²) in [5.74, 6) is 2.44. The first-order valence-electron chi connectivity index (χ1n) is 5.61. The number of ether oxygens (including phenoxy) is 1. The van der Waals surface area contributed by atoms with E-state index in [0.29, 0.717) is 6.04 Å². The summed E-state index contributed by atoms with van der Waals surface area (Å²) >= 11 is 2.01. The fourth-order valence-corrected chi connectivity index (χ4v) is 2.11. The third-order valence-electron chi connectivity index (χ3n) is 2.10. The highest BCUT2D eigenvalue weighted by atomic mass is 32.2. The van der Waals surface area contributed by atoms with Crippen LogP contribution in [0.1, 0.15) is 33.1 Å². The SMILES string of the molecule is CCCC(C)NCCSCCCOC. The Kier molecular flexibility index (Phi) is 11.6. The van der Waals surface area contributed by atoms with Gasteiger partial charge in [0, 0.05) is 32.1 Å². The van der Waals surface area contributed by atoms with E-state index < -0.39 is 0 Å².